The number of aromatic nitrogens is 1. The van der Waals surface area contributed by atoms with Crippen LogP contribution in [0.3, 0.4) is 0 Å². The van der Waals surface area contributed by atoms with E-state index < -0.39 is 0 Å². The first-order valence-electron chi connectivity index (χ1n) is 10.0. The lowest BCUT2D eigenvalue weighted by Gasteiger charge is -2.34. The lowest BCUT2D eigenvalue weighted by molar-refractivity contribution is 0.00992. The normalized spacial score (nSPS) is 16.1. The van der Waals surface area contributed by atoms with Gasteiger partial charge in [-0.3, -0.25) is 4.99 Å². The number of rotatable bonds is 8. The van der Waals surface area contributed by atoms with Gasteiger partial charge in [-0.2, -0.15) is 0 Å². The quantitative estimate of drug-likeness (QED) is 0.400. The molecule has 154 valence electrons. The molecule has 0 aliphatic carbocycles. The molecule has 1 aliphatic rings. The van der Waals surface area contributed by atoms with Gasteiger partial charge in [-0.25, -0.2) is 0 Å². The van der Waals surface area contributed by atoms with Crippen molar-refractivity contribution >= 4 is 28.5 Å². The smallest absolute Gasteiger partial charge is 0.193 e. The summed E-state index contributed by atoms with van der Waals surface area (Å²) in [5, 5.41) is 5.46. The molecule has 0 unspecified atom stereocenters. The highest BCUT2D eigenvalue weighted by atomic mass is 35.5. The average molecular weight is 407 g/mol. The number of nitrogens with zero attached hydrogens (tertiary/aromatic N) is 2. The number of ether oxygens (including phenoxy) is 2. The summed E-state index contributed by atoms with van der Waals surface area (Å²) in [6, 6.07) is 5.96. The van der Waals surface area contributed by atoms with E-state index in [4.69, 9.17) is 21.1 Å². The SMILES string of the molecule is CN=C(NCCc1c[nH]c2ccc(Cl)cc12)N1CCC(OCCCOC)CC1. The minimum absolute atomic E-state index is 0.349. The molecule has 2 heterocycles. The van der Waals surface area contributed by atoms with E-state index >= 15 is 0 Å². The van der Waals surface area contributed by atoms with E-state index in [0.717, 1.165) is 75.0 Å². The fraction of sp³-hybridized carbons (Fsp3) is 0.571. The Morgan fingerprint density at radius 2 is 2.14 bits per heavy atom. The second-order valence-electron chi connectivity index (χ2n) is 7.13. The zero-order valence-electron chi connectivity index (χ0n) is 16.8. The van der Waals surface area contributed by atoms with Crippen LogP contribution in [-0.2, 0) is 15.9 Å². The fourth-order valence-electron chi connectivity index (χ4n) is 3.69. The van der Waals surface area contributed by atoms with E-state index in [1.54, 1.807) is 7.11 Å². The van der Waals surface area contributed by atoms with Crippen LogP contribution >= 0.6 is 11.6 Å². The molecule has 1 fully saturated rings. The topological polar surface area (TPSA) is 61.9 Å². The van der Waals surface area contributed by atoms with Crippen molar-refractivity contribution in [3.05, 3.63) is 35.0 Å². The summed E-state index contributed by atoms with van der Waals surface area (Å²) in [6.45, 7) is 4.31. The molecule has 1 aliphatic heterocycles. The molecule has 1 saturated heterocycles. The lowest BCUT2D eigenvalue weighted by atomic mass is 10.1. The van der Waals surface area contributed by atoms with E-state index in [0.29, 0.717) is 6.10 Å². The Morgan fingerprint density at radius 3 is 2.89 bits per heavy atom. The summed E-state index contributed by atoms with van der Waals surface area (Å²) in [7, 11) is 3.58. The molecule has 0 atom stereocenters. The number of nitrogens with one attached hydrogen (secondary N) is 2. The Bertz CT molecular complexity index is 769. The summed E-state index contributed by atoms with van der Waals surface area (Å²) in [5.74, 6) is 0.968. The summed E-state index contributed by atoms with van der Waals surface area (Å²) in [4.78, 5) is 10.1. The third-order valence-electron chi connectivity index (χ3n) is 5.21. The van der Waals surface area contributed by atoms with E-state index in [2.05, 4.69) is 26.4 Å². The van der Waals surface area contributed by atoms with E-state index in [1.807, 2.05) is 25.2 Å². The minimum Gasteiger partial charge on any atom is -0.385 e. The van der Waals surface area contributed by atoms with Gasteiger partial charge in [0.25, 0.3) is 0 Å². The Kier molecular flexibility index (Phi) is 8.01. The maximum absolute atomic E-state index is 6.14. The van der Waals surface area contributed by atoms with Crippen molar-refractivity contribution < 1.29 is 9.47 Å². The van der Waals surface area contributed by atoms with Gasteiger partial charge in [-0.1, -0.05) is 11.6 Å². The number of hydrogen-bond donors (Lipinski definition) is 2. The highest BCUT2D eigenvalue weighted by Crippen LogP contribution is 2.22. The molecular formula is C21H31ClN4O2. The number of H-pyrrole nitrogens is 1. The van der Waals surface area contributed by atoms with Crippen LogP contribution in [0, 0.1) is 0 Å². The Hall–Kier alpha value is -1.76. The van der Waals surface area contributed by atoms with Crippen molar-refractivity contribution in [2.24, 2.45) is 4.99 Å². The predicted octanol–water partition coefficient (Wildman–Crippen LogP) is 3.46. The van der Waals surface area contributed by atoms with Crippen LogP contribution in [0.15, 0.2) is 29.4 Å². The second kappa shape index (κ2) is 10.7. The number of hydrogen-bond acceptors (Lipinski definition) is 3. The Labute approximate surface area is 172 Å². The first-order chi connectivity index (χ1) is 13.7. The number of methoxy groups -OCH3 is 1. The number of halogens is 1. The predicted molar refractivity (Wildman–Crippen MR) is 115 cm³/mol. The monoisotopic (exact) mass is 406 g/mol. The number of likely N-dealkylation sites (tertiary alicyclic amines) is 1. The summed E-state index contributed by atoms with van der Waals surface area (Å²) in [6.07, 6.45) is 6.36. The lowest BCUT2D eigenvalue weighted by Crippen LogP contribution is -2.47. The summed E-state index contributed by atoms with van der Waals surface area (Å²) >= 11 is 6.14. The summed E-state index contributed by atoms with van der Waals surface area (Å²) in [5.41, 5.74) is 2.39. The number of guanidine groups is 1. The minimum atomic E-state index is 0.349. The largest absolute Gasteiger partial charge is 0.385 e. The highest BCUT2D eigenvalue weighted by molar-refractivity contribution is 6.31. The van der Waals surface area contributed by atoms with Gasteiger partial charge in [0.05, 0.1) is 6.10 Å². The summed E-state index contributed by atoms with van der Waals surface area (Å²) < 4.78 is 11.0. The van der Waals surface area contributed by atoms with Gasteiger partial charge in [0.2, 0.25) is 0 Å². The molecule has 0 amide bonds. The van der Waals surface area contributed by atoms with Gasteiger partial charge in [-0.15, -0.1) is 0 Å². The van der Waals surface area contributed by atoms with Crippen LogP contribution < -0.4 is 5.32 Å². The molecule has 0 saturated carbocycles. The standard InChI is InChI=1S/C21H31ClN4O2/c1-23-21(26-10-7-18(8-11-26)28-13-3-12-27-2)24-9-6-16-15-25-20-5-4-17(22)14-19(16)20/h4-5,14-15,18,25H,3,6-13H2,1-2H3,(H,23,24). The van der Waals surface area contributed by atoms with E-state index in [1.165, 1.54) is 10.9 Å². The second-order valence-corrected chi connectivity index (χ2v) is 7.57. The number of fused-ring (bicyclic) bond motifs is 1. The number of aromatic amines is 1. The number of benzene rings is 1. The van der Waals surface area contributed by atoms with Crippen molar-refractivity contribution in [3.63, 3.8) is 0 Å². The number of piperidine rings is 1. The van der Waals surface area contributed by atoms with Crippen molar-refractivity contribution in [3.8, 4) is 0 Å². The molecule has 28 heavy (non-hydrogen) atoms. The molecule has 7 heteroatoms. The van der Waals surface area contributed by atoms with Gasteiger partial charge in [0.15, 0.2) is 5.96 Å². The van der Waals surface area contributed by atoms with Crippen LogP contribution in [0.2, 0.25) is 5.02 Å². The van der Waals surface area contributed by atoms with Gasteiger partial charge in [0.1, 0.15) is 0 Å². The Morgan fingerprint density at radius 1 is 1.32 bits per heavy atom. The maximum atomic E-state index is 6.14. The van der Waals surface area contributed by atoms with Crippen molar-refractivity contribution in [1.82, 2.24) is 15.2 Å². The average Bonchev–Trinajstić information content (AvgIpc) is 3.11. The van der Waals surface area contributed by atoms with Gasteiger partial charge >= 0.3 is 0 Å². The molecule has 2 aromatic rings. The third kappa shape index (κ3) is 5.63. The Balaban J connectivity index is 1.43. The molecular weight excluding hydrogens is 376 g/mol. The van der Waals surface area contributed by atoms with E-state index in [-0.39, 0.29) is 0 Å². The van der Waals surface area contributed by atoms with Gasteiger partial charge in [-0.05, 0) is 49.4 Å². The maximum Gasteiger partial charge on any atom is 0.193 e. The highest BCUT2D eigenvalue weighted by Gasteiger charge is 2.21. The molecule has 6 nitrogen and oxygen atoms in total. The van der Waals surface area contributed by atoms with Crippen LogP contribution in [0.5, 0.6) is 0 Å². The van der Waals surface area contributed by atoms with Gasteiger partial charge in [0, 0.05) is 69.1 Å². The third-order valence-corrected chi connectivity index (χ3v) is 5.44. The first-order valence-corrected chi connectivity index (χ1v) is 10.4. The van der Waals surface area contributed by atoms with Crippen LogP contribution in [0.1, 0.15) is 24.8 Å². The van der Waals surface area contributed by atoms with Crippen LogP contribution in [0.4, 0.5) is 0 Å². The zero-order chi connectivity index (χ0) is 19.8. The molecule has 0 bridgehead atoms. The number of aliphatic imine (C=N–C) groups is 1. The molecule has 1 aromatic carbocycles. The van der Waals surface area contributed by atoms with Crippen LogP contribution in [-0.4, -0.2) is 69.0 Å². The molecule has 0 radical (unpaired) electrons. The molecule has 0 spiro atoms. The fourth-order valence-corrected chi connectivity index (χ4v) is 3.86. The van der Waals surface area contributed by atoms with Crippen LogP contribution in [0.25, 0.3) is 10.9 Å². The van der Waals surface area contributed by atoms with Crippen molar-refractivity contribution in [1.29, 1.82) is 0 Å². The molecule has 1 aromatic heterocycles. The first kappa shape index (κ1) is 21.0. The van der Waals surface area contributed by atoms with Crippen molar-refractivity contribution in [2.45, 2.75) is 31.8 Å². The molecule has 2 N–H and O–H groups in total. The molecule has 3 rings (SSSR count). The van der Waals surface area contributed by atoms with Gasteiger partial charge < -0.3 is 24.7 Å². The van der Waals surface area contributed by atoms with Crippen molar-refractivity contribution in [2.75, 3.05) is 47.0 Å². The van der Waals surface area contributed by atoms with E-state index in [9.17, 15) is 0 Å². The zero-order valence-corrected chi connectivity index (χ0v) is 17.6.